The second kappa shape index (κ2) is 10.6. The van der Waals surface area contributed by atoms with Crippen molar-refractivity contribution >= 4 is 40.2 Å². The molecule has 2 rings (SSSR count). The first kappa shape index (κ1) is 20.8. The molecule has 138 valence electrons. The van der Waals surface area contributed by atoms with Crippen LogP contribution in [0.3, 0.4) is 0 Å². The zero-order valence-corrected chi connectivity index (χ0v) is 14.5. The zero-order valence-electron chi connectivity index (χ0n) is 13.7. The number of carbonyl (C=O) groups is 4. The van der Waals surface area contributed by atoms with Crippen LogP contribution in [0.4, 0.5) is 5.13 Å². The predicted octanol–water partition coefficient (Wildman–Crippen LogP) is 1.50. The van der Waals surface area contributed by atoms with Crippen LogP contribution in [-0.2, 0) is 19.2 Å². The molecule has 0 bridgehead atoms. The number of benzene rings is 1. The summed E-state index contributed by atoms with van der Waals surface area (Å²) in [6.07, 6.45) is 1.80. The Labute approximate surface area is 152 Å². The summed E-state index contributed by atoms with van der Waals surface area (Å²) < 4.78 is 0. The fourth-order valence-corrected chi connectivity index (χ4v) is 2.37. The first-order valence-corrected chi connectivity index (χ1v) is 8.15. The predicted molar refractivity (Wildman–Crippen MR) is 93.6 cm³/mol. The van der Waals surface area contributed by atoms with E-state index in [9.17, 15) is 9.59 Å². The van der Waals surface area contributed by atoms with Crippen LogP contribution in [0.5, 0.6) is 0 Å². The molecule has 1 aromatic heterocycles. The summed E-state index contributed by atoms with van der Waals surface area (Å²) >= 11 is 1.36. The van der Waals surface area contributed by atoms with Crippen molar-refractivity contribution in [2.75, 3.05) is 5.32 Å². The second-order valence-corrected chi connectivity index (χ2v) is 5.76. The van der Waals surface area contributed by atoms with Crippen LogP contribution in [0.15, 0.2) is 41.9 Å². The van der Waals surface area contributed by atoms with Crippen molar-refractivity contribution < 1.29 is 29.4 Å². The molecule has 10 heteroatoms. The van der Waals surface area contributed by atoms with Crippen molar-refractivity contribution in [3.8, 4) is 0 Å². The van der Waals surface area contributed by atoms with Crippen molar-refractivity contribution in [2.45, 2.75) is 19.4 Å². The Morgan fingerprint density at radius 2 is 1.73 bits per heavy atom. The fourth-order valence-electron chi connectivity index (χ4n) is 1.82. The van der Waals surface area contributed by atoms with Gasteiger partial charge in [0.1, 0.15) is 0 Å². The average Bonchev–Trinajstić information content (AvgIpc) is 3.08. The lowest BCUT2D eigenvalue weighted by Crippen LogP contribution is -2.29. The smallest absolute Gasteiger partial charge is 0.414 e. The van der Waals surface area contributed by atoms with E-state index in [1.165, 1.54) is 18.3 Å². The highest BCUT2D eigenvalue weighted by atomic mass is 32.1. The monoisotopic (exact) mass is 379 g/mol. The molecule has 1 atom stereocenters. The van der Waals surface area contributed by atoms with Gasteiger partial charge >= 0.3 is 11.9 Å². The zero-order chi connectivity index (χ0) is 19.5. The minimum absolute atomic E-state index is 0.166. The average molecular weight is 379 g/mol. The minimum Gasteiger partial charge on any atom is -0.473 e. The van der Waals surface area contributed by atoms with Crippen LogP contribution >= 0.6 is 11.3 Å². The van der Waals surface area contributed by atoms with E-state index in [2.05, 4.69) is 15.6 Å². The van der Waals surface area contributed by atoms with E-state index >= 15 is 0 Å². The van der Waals surface area contributed by atoms with Gasteiger partial charge in [0, 0.05) is 18.5 Å². The Kier molecular flexibility index (Phi) is 8.44. The summed E-state index contributed by atoms with van der Waals surface area (Å²) in [5.41, 5.74) is 0.900. The Bertz CT molecular complexity index is 737. The van der Waals surface area contributed by atoms with Crippen molar-refractivity contribution in [3.05, 3.63) is 47.5 Å². The van der Waals surface area contributed by atoms with E-state index in [0.29, 0.717) is 5.13 Å². The van der Waals surface area contributed by atoms with Crippen LogP contribution in [0, 0.1) is 0 Å². The number of anilines is 1. The highest BCUT2D eigenvalue weighted by Gasteiger charge is 2.17. The van der Waals surface area contributed by atoms with Gasteiger partial charge in [-0.25, -0.2) is 14.6 Å². The number of carbonyl (C=O) groups excluding carboxylic acids is 2. The van der Waals surface area contributed by atoms with Gasteiger partial charge in [-0.2, -0.15) is 0 Å². The SMILES string of the molecule is CC(=O)NC(CC(=O)Nc1nccs1)c1ccccc1.O=C(O)C(=O)O. The molecule has 4 N–H and O–H groups in total. The second-order valence-electron chi connectivity index (χ2n) is 4.86. The number of carboxylic acids is 2. The summed E-state index contributed by atoms with van der Waals surface area (Å²) in [4.78, 5) is 45.4. The minimum atomic E-state index is -1.82. The topological polar surface area (TPSA) is 146 Å². The van der Waals surface area contributed by atoms with Gasteiger partial charge in [0.25, 0.3) is 0 Å². The lowest BCUT2D eigenvalue weighted by molar-refractivity contribution is -0.159. The lowest BCUT2D eigenvalue weighted by Gasteiger charge is -2.17. The normalized spacial score (nSPS) is 10.7. The number of carboxylic acid groups (broad SMARTS) is 2. The van der Waals surface area contributed by atoms with Crippen molar-refractivity contribution in [1.82, 2.24) is 10.3 Å². The number of nitrogens with one attached hydrogen (secondary N) is 2. The number of rotatable bonds is 5. The summed E-state index contributed by atoms with van der Waals surface area (Å²) in [7, 11) is 0. The van der Waals surface area contributed by atoms with E-state index in [-0.39, 0.29) is 24.3 Å². The summed E-state index contributed by atoms with van der Waals surface area (Å²) in [6.45, 7) is 1.44. The first-order chi connectivity index (χ1) is 12.3. The number of thiazole rings is 1. The standard InChI is InChI=1S/C14H15N3O2S.C2H2O4/c1-10(18)16-12(11-5-3-2-4-6-11)9-13(19)17-14-15-7-8-20-14;3-1(4)2(5)6/h2-8,12H,9H2,1H3,(H,16,18)(H,15,17,19);(H,3,4)(H,5,6). The van der Waals surface area contributed by atoms with Crippen molar-refractivity contribution in [1.29, 1.82) is 0 Å². The summed E-state index contributed by atoms with van der Waals surface area (Å²) in [6, 6.07) is 9.08. The molecule has 1 unspecified atom stereocenters. The van der Waals surface area contributed by atoms with Gasteiger partial charge in [0.15, 0.2) is 5.13 Å². The third-order valence-corrected chi connectivity index (χ3v) is 3.52. The highest BCUT2D eigenvalue weighted by Crippen LogP contribution is 2.18. The van der Waals surface area contributed by atoms with Gasteiger partial charge in [0.05, 0.1) is 12.5 Å². The van der Waals surface area contributed by atoms with Crippen molar-refractivity contribution in [3.63, 3.8) is 0 Å². The Balaban J connectivity index is 0.000000487. The number of hydrogen-bond donors (Lipinski definition) is 4. The highest BCUT2D eigenvalue weighted by molar-refractivity contribution is 7.13. The molecule has 2 amide bonds. The molecule has 0 saturated heterocycles. The van der Waals surface area contributed by atoms with Gasteiger partial charge in [0.2, 0.25) is 11.8 Å². The maximum atomic E-state index is 12.0. The Hall–Kier alpha value is -3.27. The first-order valence-electron chi connectivity index (χ1n) is 7.27. The molecule has 0 saturated carbocycles. The maximum Gasteiger partial charge on any atom is 0.414 e. The van der Waals surface area contributed by atoms with Crippen molar-refractivity contribution in [2.24, 2.45) is 0 Å². The molecule has 1 aromatic carbocycles. The Morgan fingerprint density at radius 3 is 2.19 bits per heavy atom. The van der Waals surface area contributed by atoms with E-state index in [4.69, 9.17) is 19.8 Å². The molecule has 26 heavy (non-hydrogen) atoms. The van der Waals surface area contributed by atoms with Crippen LogP contribution in [0.1, 0.15) is 24.9 Å². The van der Waals surface area contributed by atoms with Crippen LogP contribution in [0.25, 0.3) is 0 Å². The molecule has 0 aliphatic carbocycles. The largest absolute Gasteiger partial charge is 0.473 e. The van der Waals surface area contributed by atoms with E-state index in [1.54, 1.807) is 11.6 Å². The third kappa shape index (κ3) is 8.02. The van der Waals surface area contributed by atoms with E-state index < -0.39 is 11.9 Å². The molecule has 0 aliphatic heterocycles. The number of hydrogen-bond acceptors (Lipinski definition) is 6. The number of aromatic nitrogens is 1. The van der Waals surface area contributed by atoms with E-state index in [0.717, 1.165) is 5.56 Å². The fraction of sp³-hybridized carbons (Fsp3) is 0.188. The number of nitrogens with zero attached hydrogens (tertiary/aromatic N) is 1. The molecule has 9 nitrogen and oxygen atoms in total. The quantitative estimate of drug-likeness (QED) is 0.576. The van der Waals surface area contributed by atoms with Gasteiger partial charge in [-0.05, 0) is 5.56 Å². The van der Waals surface area contributed by atoms with Gasteiger partial charge in [-0.15, -0.1) is 11.3 Å². The van der Waals surface area contributed by atoms with Gasteiger partial charge in [-0.3, -0.25) is 9.59 Å². The number of aliphatic carboxylic acids is 2. The summed E-state index contributed by atoms with van der Waals surface area (Å²) in [5, 5.41) is 22.6. The van der Waals surface area contributed by atoms with Crippen LogP contribution in [-0.4, -0.2) is 39.0 Å². The van der Waals surface area contributed by atoms with Crippen LogP contribution in [0.2, 0.25) is 0 Å². The van der Waals surface area contributed by atoms with Gasteiger partial charge < -0.3 is 20.8 Å². The third-order valence-electron chi connectivity index (χ3n) is 2.83. The van der Waals surface area contributed by atoms with Gasteiger partial charge in [-0.1, -0.05) is 30.3 Å². The molecule has 0 fully saturated rings. The van der Waals surface area contributed by atoms with E-state index in [1.807, 2.05) is 30.3 Å². The molecule has 1 heterocycles. The Morgan fingerprint density at radius 1 is 1.12 bits per heavy atom. The number of amides is 2. The molecule has 2 aromatic rings. The molecular weight excluding hydrogens is 362 g/mol. The molecule has 0 spiro atoms. The molecular formula is C16H17N3O6S. The maximum absolute atomic E-state index is 12.0. The molecule has 0 aliphatic rings. The summed E-state index contributed by atoms with van der Waals surface area (Å²) in [5.74, 6) is -3.99. The van der Waals surface area contributed by atoms with Crippen LogP contribution < -0.4 is 10.6 Å². The molecule has 0 radical (unpaired) electrons. The lowest BCUT2D eigenvalue weighted by atomic mass is 10.0.